The Bertz CT molecular complexity index is 956. The van der Waals surface area contributed by atoms with Crippen molar-refractivity contribution in [1.82, 2.24) is 36.2 Å². The molecule has 10 nitrogen and oxygen atoms in total. The van der Waals surface area contributed by atoms with E-state index in [-0.39, 0.29) is 27.9 Å². The number of hydrogen-bond donors (Lipinski definition) is 3. The average molecular weight is 450 g/mol. The number of tetrazole rings is 1. The van der Waals surface area contributed by atoms with Gasteiger partial charge in [0.1, 0.15) is 29.4 Å². The van der Waals surface area contributed by atoms with Crippen molar-refractivity contribution in [2.75, 3.05) is 5.88 Å². The number of benzene rings is 1. The summed E-state index contributed by atoms with van der Waals surface area (Å²) in [5.74, 6) is -1.01. The Morgan fingerprint density at radius 3 is 2.70 bits per heavy atom. The van der Waals surface area contributed by atoms with Gasteiger partial charge in [-0.2, -0.15) is 5.21 Å². The summed E-state index contributed by atoms with van der Waals surface area (Å²) in [6, 6.07) is 6.79. The first-order valence-corrected chi connectivity index (χ1v) is 10.7. The molecule has 4 rings (SSSR count). The van der Waals surface area contributed by atoms with Crippen molar-refractivity contribution in [1.29, 1.82) is 0 Å². The van der Waals surface area contributed by atoms with Gasteiger partial charge in [-0.05, 0) is 19.4 Å². The molecule has 2 aromatic rings. The molecule has 1 aromatic heterocycles. The van der Waals surface area contributed by atoms with Crippen LogP contribution in [0.1, 0.15) is 37.3 Å². The van der Waals surface area contributed by atoms with Crippen LogP contribution in [0.4, 0.5) is 0 Å². The molecule has 0 spiro atoms. The Balaban J connectivity index is 1.52. The molecule has 30 heavy (non-hydrogen) atoms. The van der Waals surface area contributed by atoms with E-state index in [0.29, 0.717) is 11.4 Å². The van der Waals surface area contributed by atoms with Gasteiger partial charge in [0.25, 0.3) is 0 Å². The number of aromatic nitrogens is 4. The molecule has 2 aliphatic rings. The number of nitrogens with one attached hydrogen (secondary N) is 3. The Morgan fingerprint density at radius 2 is 2.07 bits per heavy atom. The van der Waals surface area contributed by atoms with Gasteiger partial charge in [0.2, 0.25) is 17.7 Å². The molecule has 158 valence electrons. The number of aromatic amines is 1. The fraction of sp³-hybridized carbons (Fsp3) is 0.444. The first-order chi connectivity index (χ1) is 14.3. The van der Waals surface area contributed by atoms with Crippen LogP contribution in [-0.2, 0) is 14.4 Å². The number of carbonyl (C=O) groups is 3. The van der Waals surface area contributed by atoms with Crippen molar-refractivity contribution in [2.45, 2.75) is 42.1 Å². The third kappa shape index (κ3) is 3.52. The summed E-state index contributed by atoms with van der Waals surface area (Å²) < 4.78 is -0.366. The number of hydrogen-bond acceptors (Lipinski definition) is 7. The molecule has 2 fully saturated rings. The molecule has 2 unspecified atom stereocenters. The predicted octanol–water partition coefficient (Wildman–Crippen LogP) is 0.516. The molecule has 4 atom stereocenters. The van der Waals surface area contributed by atoms with Crippen LogP contribution in [0.5, 0.6) is 0 Å². The second-order valence-electron chi connectivity index (χ2n) is 7.56. The molecule has 2 saturated heterocycles. The minimum atomic E-state index is -0.952. The summed E-state index contributed by atoms with van der Waals surface area (Å²) in [6.07, 6.45) is 0. The highest BCUT2D eigenvalue weighted by atomic mass is 35.5. The van der Waals surface area contributed by atoms with E-state index in [0.717, 1.165) is 0 Å². The van der Waals surface area contributed by atoms with Gasteiger partial charge in [-0.3, -0.25) is 14.4 Å². The summed E-state index contributed by atoms with van der Waals surface area (Å²) in [4.78, 5) is 39.5. The molecule has 1 aromatic carbocycles. The molecule has 3 amide bonds. The van der Waals surface area contributed by atoms with Crippen molar-refractivity contribution >= 4 is 41.1 Å². The average Bonchev–Trinajstić information content (AvgIpc) is 3.34. The summed E-state index contributed by atoms with van der Waals surface area (Å²) in [5, 5.41) is 19.2. The summed E-state index contributed by atoms with van der Waals surface area (Å²) in [5.41, 5.74) is 0.598. The van der Waals surface area contributed by atoms with E-state index in [9.17, 15) is 14.4 Å². The lowest BCUT2D eigenvalue weighted by Crippen LogP contribution is -2.68. The molecule has 2 aliphatic heterocycles. The Morgan fingerprint density at radius 1 is 1.33 bits per heavy atom. The van der Waals surface area contributed by atoms with Crippen LogP contribution in [0.3, 0.4) is 0 Å². The summed E-state index contributed by atoms with van der Waals surface area (Å²) in [7, 11) is 0. The van der Waals surface area contributed by atoms with E-state index in [1.54, 1.807) is 40.9 Å². The number of H-pyrrole nitrogens is 1. The number of nitrogens with zero attached hydrogens (tertiary/aromatic N) is 4. The van der Waals surface area contributed by atoms with E-state index >= 15 is 0 Å². The number of amides is 3. The Labute approximate surface area is 181 Å². The van der Waals surface area contributed by atoms with Crippen molar-refractivity contribution in [2.24, 2.45) is 0 Å². The molecule has 0 radical (unpaired) electrons. The maximum absolute atomic E-state index is 13.0. The maximum Gasteiger partial charge on any atom is 0.249 e. The first-order valence-electron chi connectivity index (χ1n) is 9.27. The van der Waals surface area contributed by atoms with Crippen molar-refractivity contribution in [3.63, 3.8) is 0 Å². The fourth-order valence-electron chi connectivity index (χ4n) is 3.83. The van der Waals surface area contributed by atoms with Crippen LogP contribution in [0.15, 0.2) is 30.3 Å². The Kier molecular flexibility index (Phi) is 5.41. The highest BCUT2D eigenvalue weighted by Gasteiger charge is 2.63. The molecular formula is C18H20ClN7O3S. The van der Waals surface area contributed by atoms with Gasteiger partial charge in [0, 0.05) is 4.75 Å². The lowest BCUT2D eigenvalue weighted by Gasteiger charge is -2.44. The number of thioether (sulfide) groups is 1. The van der Waals surface area contributed by atoms with E-state index in [2.05, 4.69) is 31.3 Å². The standard InChI is InChI=1S/C18H20ClN7O3S/c1-18(2)13(14-22-24-25-23-14)26-16(29)12(17(26)30-18)21-15(28)11(20-10(27)8-19)9-6-4-3-5-7-9/h3-7,11-13,17H,8H2,1-2H3,(H,20,27)(H,21,28)(H,22,23,24,25)/t11-,12?,13?,17-/m1/s1. The minimum absolute atomic E-state index is 0.225. The van der Waals surface area contributed by atoms with E-state index in [1.807, 2.05) is 19.9 Å². The van der Waals surface area contributed by atoms with E-state index in [1.165, 1.54) is 0 Å². The fourth-order valence-corrected chi connectivity index (χ4v) is 5.54. The molecule has 3 N–H and O–H groups in total. The normalized spacial score (nSPS) is 25.2. The van der Waals surface area contributed by atoms with Crippen molar-refractivity contribution in [3.8, 4) is 0 Å². The van der Waals surface area contributed by atoms with Crippen molar-refractivity contribution in [3.05, 3.63) is 41.7 Å². The largest absolute Gasteiger partial charge is 0.340 e. The van der Waals surface area contributed by atoms with Crippen LogP contribution in [0.25, 0.3) is 0 Å². The monoisotopic (exact) mass is 449 g/mol. The van der Waals surface area contributed by atoms with Gasteiger partial charge < -0.3 is 15.5 Å². The lowest BCUT2D eigenvalue weighted by atomic mass is 9.95. The lowest BCUT2D eigenvalue weighted by molar-refractivity contribution is -0.152. The quantitative estimate of drug-likeness (QED) is 0.432. The summed E-state index contributed by atoms with van der Waals surface area (Å²) >= 11 is 7.16. The number of alkyl halides is 1. The first kappa shape index (κ1) is 20.6. The topological polar surface area (TPSA) is 133 Å². The molecule has 0 saturated carbocycles. The van der Waals surface area contributed by atoms with Crippen LogP contribution < -0.4 is 10.6 Å². The maximum atomic E-state index is 13.0. The van der Waals surface area contributed by atoms with Crippen molar-refractivity contribution < 1.29 is 14.4 Å². The third-order valence-electron chi connectivity index (χ3n) is 5.17. The smallest absolute Gasteiger partial charge is 0.249 e. The second-order valence-corrected chi connectivity index (χ2v) is 9.60. The third-order valence-corrected chi connectivity index (χ3v) is 6.98. The number of fused-ring (bicyclic) bond motifs is 1. The second kappa shape index (κ2) is 7.88. The number of halogens is 1. The number of rotatable bonds is 6. The molecule has 3 heterocycles. The van der Waals surface area contributed by atoms with Gasteiger partial charge >= 0.3 is 0 Å². The molecular weight excluding hydrogens is 430 g/mol. The zero-order valence-electron chi connectivity index (χ0n) is 16.2. The highest BCUT2D eigenvalue weighted by molar-refractivity contribution is 8.01. The van der Waals surface area contributed by atoms with Crippen LogP contribution >= 0.6 is 23.4 Å². The highest BCUT2D eigenvalue weighted by Crippen LogP contribution is 2.56. The SMILES string of the molecule is CC1(C)S[C@@H]2C(NC(=O)[C@H](NC(=O)CCl)c3ccccc3)C(=O)N2C1c1nn[nH]n1. The molecule has 0 bridgehead atoms. The van der Waals surface area contributed by atoms with E-state index in [4.69, 9.17) is 11.6 Å². The van der Waals surface area contributed by atoms with Crippen LogP contribution in [-0.4, -0.2) is 65.3 Å². The predicted molar refractivity (Wildman–Crippen MR) is 109 cm³/mol. The zero-order valence-corrected chi connectivity index (χ0v) is 17.8. The minimum Gasteiger partial charge on any atom is -0.340 e. The van der Waals surface area contributed by atoms with Gasteiger partial charge in [0.15, 0.2) is 5.82 Å². The molecule has 12 heteroatoms. The zero-order chi connectivity index (χ0) is 21.5. The van der Waals surface area contributed by atoms with E-state index < -0.39 is 23.9 Å². The van der Waals surface area contributed by atoms with Crippen LogP contribution in [0, 0.1) is 0 Å². The van der Waals surface area contributed by atoms with Gasteiger partial charge in [0.05, 0.1) is 0 Å². The number of carbonyl (C=O) groups excluding carboxylic acids is 3. The summed E-state index contributed by atoms with van der Waals surface area (Å²) in [6.45, 7) is 3.99. The number of β-lactam (4-membered cyclic amide) rings is 1. The Hall–Kier alpha value is -2.66. The van der Waals surface area contributed by atoms with Crippen LogP contribution in [0.2, 0.25) is 0 Å². The van der Waals surface area contributed by atoms with Gasteiger partial charge in [-0.1, -0.05) is 35.5 Å². The molecule has 0 aliphatic carbocycles. The van der Waals surface area contributed by atoms with Gasteiger partial charge in [-0.15, -0.1) is 33.6 Å². The van der Waals surface area contributed by atoms with Gasteiger partial charge in [-0.25, -0.2) is 0 Å².